The molecular formula is C18H25N5O3. The van der Waals surface area contributed by atoms with Gasteiger partial charge in [-0.1, -0.05) is 19.9 Å². The second kappa shape index (κ2) is 9.00. The number of urea groups is 1. The summed E-state index contributed by atoms with van der Waals surface area (Å²) in [5.74, 6) is 0.246. The van der Waals surface area contributed by atoms with Crippen LogP contribution in [-0.4, -0.2) is 35.4 Å². The summed E-state index contributed by atoms with van der Waals surface area (Å²) in [7, 11) is 1.62. The van der Waals surface area contributed by atoms with E-state index in [1.165, 1.54) is 0 Å². The van der Waals surface area contributed by atoms with Crippen LogP contribution in [-0.2, 0) is 16.1 Å². The summed E-state index contributed by atoms with van der Waals surface area (Å²) in [6, 6.07) is 6.67. The third-order valence-electron chi connectivity index (χ3n) is 3.68. The van der Waals surface area contributed by atoms with E-state index in [0.29, 0.717) is 30.3 Å². The summed E-state index contributed by atoms with van der Waals surface area (Å²) in [5.41, 5.74) is 2.13. The van der Waals surface area contributed by atoms with Crippen molar-refractivity contribution in [3.63, 3.8) is 0 Å². The van der Waals surface area contributed by atoms with Gasteiger partial charge in [0.1, 0.15) is 0 Å². The van der Waals surface area contributed by atoms with Crippen molar-refractivity contribution in [3.8, 4) is 0 Å². The van der Waals surface area contributed by atoms with Crippen LogP contribution in [0.2, 0.25) is 0 Å². The van der Waals surface area contributed by atoms with E-state index >= 15 is 0 Å². The van der Waals surface area contributed by atoms with E-state index in [4.69, 9.17) is 4.74 Å². The lowest BCUT2D eigenvalue weighted by molar-refractivity contribution is -0.118. The largest absolute Gasteiger partial charge is 0.383 e. The van der Waals surface area contributed by atoms with Crippen LogP contribution in [0.3, 0.4) is 0 Å². The van der Waals surface area contributed by atoms with Gasteiger partial charge in [-0.05, 0) is 24.6 Å². The Morgan fingerprint density at radius 3 is 2.65 bits per heavy atom. The summed E-state index contributed by atoms with van der Waals surface area (Å²) in [5, 5.41) is 12.5. The first-order valence-electron chi connectivity index (χ1n) is 8.41. The number of nitrogens with one attached hydrogen (secondary N) is 3. The Hall–Kier alpha value is -2.87. The van der Waals surface area contributed by atoms with Gasteiger partial charge in [0, 0.05) is 36.7 Å². The fourth-order valence-corrected chi connectivity index (χ4v) is 2.13. The van der Waals surface area contributed by atoms with Crippen LogP contribution in [0, 0.1) is 12.8 Å². The van der Waals surface area contributed by atoms with Crippen molar-refractivity contribution in [1.82, 2.24) is 9.78 Å². The molecule has 1 heterocycles. The average Bonchev–Trinajstić information content (AvgIpc) is 3.03. The number of carbonyl (C=O) groups excluding carboxylic acids is 2. The molecule has 0 radical (unpaired) electrons. The van der Waals surface area contributed by atoms with Gasteiger partial charge >= 0.3 is 6.03 Å². The van der Waals surface area contributed by atoms with Gasteiger partial charge in [-0.2, -0.15) is 5.10 Å². The first kappa shape index (κ1) is 19.5. The van der Waals surface area contributed by atoms with E-state index < -0.39 is 6.03 Å². The minimum absolute atomic E-state index is 0.0779. The Morgan fingerprint density at radius 2 is 1.96 bits per heavy atom. The number of nitrogens with zero attached hydrogens (tertiary/aromatic N) is 2. The zero-order valence-corrected chi connectivity index (χ0v) is 15.5. The van der Waals surface area contributed by atoms with Gasteiger partial charge in [0.25, 0.3) is 0 Å². The lowest BCUT2D eigenvalue weighted by Crippen LogP contribution is -2.21. The smallest absolute Gasteiger partial charge is 0.324 e. The molecule has 0 aliphatic heterocycles. The van der Waals surface area contributed by atoms with E-state index in [1.807, 2.05) is 26.8 Å². The quantitative estimate of drug-likeness (QED) is 0.708. The summed E-state index contributed by atoms with van der Waals surface area (Å²) < 4.78 is 6.68. The van der Waals surface area contributed by atoms with Gasteiger partial charge < -0.3 is 15.4 Å². The van der Waals surface area contributed by atoms with Crippen molar-refractivity contribution in [2.75, 3.05) is 29.7 Å². The molecule has 0 spiro atoms. The normalized spacial score (nSPS) is 10.7. The van der Waals surface area contributed by atoms with Crippen molar-refractivity contribution in [2.24, 2.45) is 5.92 Å². The lowest BCUT2D eigenvalue weighted by atomic mass is 10.1. The molecule has 0 saturated carbocycles. The predicted octanol–water partition coefficient (Wildman–Crippen LogP) is 3.08. The number of amides is 3. The van der Waals surface area contributed by atoms with Crippen LogP contribution in [0.15, 0.2) is 30.5 Å². The van der Waals surface area contributed by atoms with Crippen LogP contribution in [0.1, 0.15) is 19.4 Å². The zero-order chi connectivity index (χ0) is 19.1. The van der Waals surface area contributed by atoms with Crippen molar-refractivity contribution >= 4 is 29.1 Å². The Morgan fingerprint density at radius 1 is 1.19 bits per heavy atom. The molecule has 8 nitrogen and oxygen atoms in total. The Balaban J connectivity index is 1.99. The van der Waals surface area contributed by atoms with Crippen LogP contribution in [0.4, 0.5) is 22.0 Å². The molecule has 0 aliphatic carbocycles. The van der Waals surface area contributed by atoms with Crippen LogP contribution >= 0.6 is 0 Å². The molecular weight excluding hydrogens is 334 g/mol. The number of methoxy groups -OCH3 is 1. The van der Waals surface area contributed by atoms with Crippen molar-refractivity contribution < 1.29 is 14.3 Å². The number of carbonyl (C=O) groups is 2. The fourth-order valence-electron chi connectivity index (χ4n) is 2.13. The first-order valence-corrected chi connectivity index (χ1v) is 8.41. The summed E-state index contributed by atoms with van der Waals surface area (Å²) in [4.78, 5) is 24.0. The molecule has 0 fully saturated rings. The SMILES string of the molecule is COCCn1ccc(NC(=O)Nc2cc(NC(=O)C(C)C)ccc2C)n1. The third-order valence-corrected chi connectivity index (χ3v) is 3.68. The molecule has 0 unspecified atom stereocenters. The van der Waals surface area contributed by atoms with Crippen LogP contribution < -0.4 is 16.0 Å². The van der Waals surface area contributed by atoms with Crippen molar-refractivity contribution in [3.05, 3.63) is 36.0 Å². The van der Waals surface area contributed by atoms with E-state index in [0.717, 1.165) is 5.56 Å². The highest BCUT2D eigenvalue weighted by Gasteiger charge is 2.11. The monoisotopic (exact) mass is 359 g/mol. The molecule has 8 heteroatoms. The molecule has 0 saturated heterocycles. The first-order chi connectivity index (χ1) is 12.4. The highest BCUT2D eigenvalue weighted by molar-refractivity contribution is 6.00. The number of aryl methyl sites for hydroxylation is 1. The molecule has 1 aromatic heterocycles. The highest BCUT2D eigenvalue weighted by atomic mass is 16.5. The van der Waals surface area contributed by atoms with Crippen molar-refractivity contribution in [2.45, 2.75) is 27.3 Å². The molecule has 1 aromatic carbocycles. The van der Waals surface area contributed by atoms with Gasteiger partial charge in [-0.25, -0.2) is 4.79 Å². The number of hydrogen-bond acceptors (Lipinski definition) is 4. The maximum absolute atomic E-state index is 12.2. The molecule has 0 aliphatic rings. The van der Waals surface area contributed by atoms with Crippen molar-refractivity contribution in [1.29, 1.82) is 0 Å². The minimum Gasteiger partial charge on any atom is -0.383 e. The summed E-state index contributed by atoms with van der Waals surface area (Å²) in [6.07, 6.45) is 1.77. The summed E-state index contributed by atoms with van der Waals surface area (Å²) >= 11 is 0. The van der Waals surface area contributed by atoms with E-state index in [1.54, 1.807) is 36.2 Å². The number of hydrogen-bond donors (Lipinski definition) is 3. The second-order valence-electron chi connectivity index (χ2n) is 6.21. The molecule has 0 bridgehead atoms. The van der Waals surface area contributed by atoms with Crippen LogP contribution in [0.25, 0.3) is 0 Å². The summed E-state index contributed by atoms with van der Waals surface area (Å²) in [6.45, 7) is 6.67. The molecule has 26 heavy (non-hydrogen) atoms. The molecule has 2 rings (SSSR count). The number of rotatable bonds is 7. The molecule has 0 atom stereocenters. The van der Waals surface area contributed by atoms with E-state index in [2.05, 4.69) is 21.0 Å². The number of ether oxygens (including phenoxy) is 1. The average molecular weight is 359 g/mol. The number of aromatic nitrogens is 2. The van der Waals surface area contributed by atoms with Gasteiger partial charge in [0.15, 0.2) is 5.82 Å². The minimum atomic E-state index is -0.405. The Bertz CT molecular complexity index is 770. The number of anilines is 3. The molecule has 140 valence electrons. The molecule has 2 aromatic rings. The van der Waals surface area contributed by atoms with Gasteiger partial charge in [-0.15, -0.1) is 0 Å². The standard InChI is InChI=1S/C18H25N5O3/c1-12(2)17(24)19-14-6-5-13(3)15(11-14)20-18(25)21-16-7-8-23(22-16)9-10-26-4/h5-8,11-12H,9-10H2,1-4H3,(H,19,24)(H2,20,21,22,25). The maximum Gasteiger partial charge on any atom is 0.324 e. The maximum atomic E-state index is 12.2. The van der Waals surface area contributed by atoms with Gasteiger partial charge in [0.05, 0.1) is 13.2 Å². The molecule has 3 amide bonds. The number of benzene rings is 1. The third kappa shape index (κ3) is 5.59. The fraction of sp³-hybridized carbons (Fsp3) is 0.389. The van der Waals surface area contributed by atoms with E-state index in [-0.39, 0.29) is 11.8 Å². The Kier molecular flexibility index (Phi) is 6.74. The predicted molar refractivity (Wildman–Crippen MR) is 101 cm³/mol. The zero-order valence-electron chi connectivity index (χ0n) is 15.5. The molecule has 3 N–H and O–H groups in total. The van der Waals surface area contributed by atoms with E-state index in [9.17, 15) is 9.59 Å². The second-order valence-corrected chi connectivity index (χ2v) is 6.21. The highest BCUT2D eigenvalue weighted by Crippen LogP contribution is 2.21. The Labute approximate surface area is 152 Å². The topological polar surface area (TPSA) is 97.3 Å². The lowest BCUT2D eigenvalue weighted by Gasteiger charge is -2.12. The van der Waals surface area contributed by atoms with Crippen LogP contribution in [0.5, 0.6) is 0 Å². The van der Waals surface area contributed by atoms with Gasteiger partial charge in [0.2, 0.25) is 5.91 Å². The van der Waals surface area contributed by atoms with Gasteiger partial charge in [-0.3, -0.25) is 14.8 Å².